The first-order valence-electron chi connectivity index (χ1n) is 10.3. The summed E-state index contributed by atoms with van der Waals surface area (Å²) >= 11 is 0. The van der Waals surface area contributed by atoms with Crippen LogP contribution in [0.1, 0.15) is 41.6 Å². The van der Waals surface area contributed by atoms with Crippen LogP contribution >= 0.6 is 0 Å². The number of likely N-dealkylation sites (tertiary alicyclic amines) is 1. The van der Waals surface area contributed by atoms with Crippen LogP contribution < -0.4 is 10.6 Å². The molecule has 6 nitrogen and oxygen atoms in total. The van der Waals surface area contributed by atoms with Gasteiger partial charge in [0.25, 0.3) is 5.91 Å². The number of benzene rings is 2. The van der Waals surface area contributed by atoms with E-state index < -0.39 is 0 Å². The molecule has 0 radical (unpaired) electrons. The molecule has 2 aromatic rings. The molecule has 1 unspecified atom stereocenters. The van der Waals surface area contributed by atoms with E-state index >= 15 is 0 Å². The zero-order valence-corrected chi connectivity index (χ0v) is 17.0. The zero-order chi connectivity index (χ0) is 20.5. The quantitative estimate of drug-likeness (QED) is 0.383. The van der Waals surface area contributed by atoms with E-state index in [1.165, 1.54) is 11.6 Å². The van der Waals surface area contributed by atoms with E-state index in [1.54, 1.807) is 18.2 Å². The number of carbonyl (C=O) groups is 1. The van der Waals surface area contributed by atoms with Crippen molar-refractivity contribution in [3.05, 3.63) is 65.7 Å². The minimum absolute atomic E-state index is 0.0944. The minimum atomic E-state index is -0.179. The van der Waals surface area contributed by atoms with Gasteiger partial charge in [0.1, 0.15) is 5.75 Å². The Bertz CT molecular complexity index is 823. The van der Waals surface area contributed by atoms with Gasteiger partial charge in [-0.2, -0.15) is 0 Å². The molecule has 154 valence electrons. The molecule has 0 saturated carbocycles. The number of guanidine groups is 1. The molecule has 1 amide bonds. The van der Waals surface area contributed by atoms with Crippen LogP contribution in [-0.4, -0.2) is 54.6 Å². The molecule has 1 saturated heterocycles. The maximum atomic E-state index is 12.1. The molecule has 1 fully saturated rings. The second-order valence-electron chi connectivity index (χ2n) is 7.24. The predicted molar refractivity (Wildman–Crippen MR) is 116 cm³/mol. The fourth-order valence-corrected chi connectivity index (χ4v) is 3.59. The highest BCUT2D eigenvalue weighted by Crippen LogP contribution is 2.26. The number of hydrogen-bond acceptors (Lipinski definition) is 3. The summed E-state index contributed by atoms with van der Waals surface area (Å²) in [7, 11) is 0. The highest BCUT2D eigenvalue weighted by molar-refractivity contribution is 5.94. The molecule has 1 heterocycles. The number of carbonyl (C=O) groups excluding carboxylic acids is 1. The molecule has 0 spiro atoms. The Labute approximate surface area is 172 Å². The van der Waals surface area contributed by atoms with Crippen molar-refractivity contribution in [2.45, 2.75) is 25.7 Å². The molecule has 29 heavy (non-hydrogen) atoms. The number of nitrogens with one attached hydrogen (secondary N) is 2. The molecular formula is C23H30N4O2. The maximum Gasteiger partial charge on any atom is 0.251 e. The van der Waals surface area contributed by atoms with Gasteiger partial charge in [0.2, 0.25) is 0 Å². The van der Waals surface area contributed by atoms with Crippen LogP contribution in [0, 0.1) is 0 Å². The fourth-order valence-electron chi connectivity index (χ4n) is 3.59. The third-order valence-electron chi connectivity index (χ3n) is 5.08. The van der Waals surface area contributed by atoms with E-state index in [4.69, 9.17) is 4.99 Å². The van der Waals surface area contributed by atoms with Crippen molar-refractivity contribution >= 4 is 11.9 Å². The van der Waals surface area contributed by atoms with Gasteiger partial charge in [0, 0.05) is 44.2 Å². The summed E-state index contributed by atoms with van der Waals surface area (Å²) in [5.74, 6) is 1.41. The largest absolute Gasteiger partial charge is 0.508 e. The third-order valence-corrected chi connectivity index (χ3v) is 5.08. The van der Waals surface area contributed by atoms with Gasteiger partial charge < -0.3 is 20.6 Å². The van der Waals surface area contributed by atoms with Gasteiger partial charge in [0.15, 0.2) is 5.96 Å². The number of aliphatic imine (C=N–C) groups is 1. The van der Waals surface area contributed by atoms with Crippen LogP contribution in [0.4, 0.5) is 0 Å². The number of amides is 1. The van der Waals surface area contributed by atoms with Crippen LogP contribution in [0.2, 0.25) is 0 Å². The second kappa shape index (κ2) is 10.5. The maximum absolute atomic E-state index is 12.1. The van der Waals surface area contributed by atoms with Crippen molar-refractivity contribution < 1.29 is 9.90 Å². The van der Waals surface area contributed by atoms with Crippen molar-refractivity contribution in [3.63, 3.8) is 0 Å². The Morgan fingerprint density at radius 2 is 2.00 bits per heavy atom. The summed E-state index contributed by atoms with van der Waals surface area (Å²) in [5, 5.41) is 15.7. The van der Waals surface area contributed by atoms with Crippen LogP contribution in [-0.2, 0) is 0 Å². The molecule has 1 atom stereocenters. The first-order valence-corrected chi connectivity index (χ1v) is 10.3. The van der Waals surface area contributed by atoms with Crippen LogP contribution in [0.3, 0.4) is 0 Å². The number of aromatic hydroxyl groups is 1. The average Bonchev–Trinajstić information content (AvgIpc) is 3.23. The number of hydrogen-bond donors (Lipinski definition) is 3. The molecule has 1 aliphatic heterocycles. The number of nitrogens with zero attached hydrogens (tertiary/aromatic N) is 2. The smallest absolute Gasteiger partial charge is 0.251 e. The molecule has 2 aromatic carbocycles. The number of phenolic OH excluding ortho intramolecular Hbond substituents is 1. The van der Waals surface area contributed by atoms with Crippen molar-refractivity contribution in [1.82, 2.24) is 15.5 Å². The van der Waals surface area contributed by atoms with Gasteiger partial charge in [-0.15, -0.1) is 0 Å². The summed E-state index contributed by atoms with van der Waals surface area (Å²) in [6, 6.07) is 17.0. The van der Waals surface area contributed by atoms with E-state index in [0.29, 0.717) is 24.6 Å². The van der Waals surface area contributed by atoms with Crippen molar-refractivity contribution in [2.75, 3.05) is 32.7 Å². The predicted octanol–water partition coefficient (Wildman–Crippen LogP) is 2.97. The van der Waals surface area contributed by atoms with E-state index in [-0.39, 0.29) is 11.7 Å². The highest BCUT2D eigenvalue weighted by Gasteiger charge is 2.25. The van der Waals surface area contributed by atoms with Gasteiger partial charge in [-0.05, 0) is 43.5 Å². The molecule has 0 bridgehead atoms. The fraction of sp³-hybridized carbons (Fsp3) is 0.391. The highest BCUT2D eigenvalue weighted by atomic mass is 16.3. The Kier molecular flexibility index (Phi) is 7.50. The molecule has 0 aromatic heterocycles. The van der Waals surface area contributed by atoms with Gasteiger partial charge in [0.05, 0.1) is 0 Å². The lowest BCUT2D eigenvalue weighted by Gasteiger charge is -2.21. The summed E-state index contributed by atoms with van der Waals surface area (Å²) in [6.45, 7) is 6.08. The number of phenols is 1. The summed E-state index contributed by atoms with van der Waals surface area (Å²) in [5.41, 5.74) is 1.85. The van der Waals surface area contributed by atoms with Gasteiger partial charge in [-0.3, -0.25) is 9.79 Å². The molecule has 6 heteroatoms. The topological polar surface area (TPSA) is 77.0 Å². The minimum Gasteiger partial charge on any atom is -0.508 e. The third kappa shape index (κ3) is 5.98. The molecule has 3 rings (SSSR count). The van der Waals surface area contributed by atoms with E-state index in [1.807, 2.05) is 0 Å². The SMILES string of the molecule is CCNC(=NCCCNC(=O)c1cccc(O)c1)N1CCC(c2ccccc2)C1. The Hall–Kier alpha value is -3.02. The van der Waals surface area contributed by atoms with E-state index in [9.17, 15) is 9.90 Å². The summed E-state index contributed by atoms with van der Waals surface area (Å²) in [6.07, 6.45) is 1.89. The lowest BCUT2D eigenvalue weighted by Crippen LogP contribution is -2.40. The van der Waals surface area contributed by atoms with Gasteiger partial charge in [-0.25, -0.2) is 0 Å². The normalized spacial score (nSPS) is 16.7. The summed E-state index contributed by atoms with van der Waals surface area (Å²) < 4.78 is 0. The first-order chi connectivity index (χ1) is 14.2. The van der Waals surface area contributed by atoms with Crippen molar-refractivity contribution in [2.24, 2.45) is 4.99 Å². The van der Waals surface area contributed by atoms with Crippen LogP contribution in [0.15, 0.2) is 59.6 Å². The Morgan fingerprint density at radius 1 is 1.17 bits per heavy atom. The lowest BCUT2D eigenvalue weighted by atomic mass is 9.99. The van der Waals surface area contributed by atoms with E-state index in [0.717, 1.165) is 38.4 Å². The molecular weight excluding hydrogens is 364 g/mol. The van der Waals surface area contributed by atoms with Crippen LogP contribution in [0.25, 0.3) is 0 Å². The van der Waals surface area contributed by atoms with Crippen LogP contribution in [0.5, 0.6) is 5.75 Å². The van der Waals surface area contributed by atoms with Gasteiger partial charge in [-0.1, -0.05) is 36.4 Å². The Morgan fingerprint density at radius 3 is 2.76 bits per heavy atom. The lowest BCUT2D eigenvalue weighted by molar-refractivity contribution is 0.0953. The molecule has 0 aliphatic carbocycles. The van der Waals surface area contributed by atoms with Gasteiger partial charge >= 0.3 is 0 Å². The monoisotopic (exact) mass is 394 g/mol. The molecule has 1 aliphatic rings. The van der Waals surface area contributed by atoms with E-state index in [2.05, 4.69) is 52.8 Å². The van der Waals surface area contributed by atoms with Crippen molar-refractivity contribution in [1.29, 1.82) is 0 Å². The second-order valence-corrected chi connectivity index (χ2v) is 7.24. The zero-order valence-electron chi connectivity index (χ0n) is 17.0. The summed E-state index contributed by atoms with van der Waals surface area (Å²) in [4.78, 5) is 19.2. The molecule has 3 N–H and O–H groups in total. The standard InChI is InChI=1S/C23H30N4O2/c1-2-24-23(27-15-12-20(17-27)18-8-4-3-5-9-18)26-14-7-13-25-22(29)19-10-6-11-21(28)16-19/h3-6,8-11,16,20,28H,2,7,12-15,17H2,1H3,(H,24,26)(H,25,29). The average molecular weight is 395 g/mol. The van der Waals surface area contributed by atoms with Crippen molar-refractivity contribution in [3.8, 4) is 5.75 Å². The Balaban J connectivity index is 1.46. The number of rotatable bonds is 7. The first kappa shape index (κ1) is 20.7.